The molecule has 2 aromatic rings. The molecule has 0 aliphatic heterocycles. The first-order chi connectivity index (χ1) is 13.5. The van der Waals surface area contributed by atoms with Gasteiger partial charge in [0.15, 0.2) is 11.6 Å². The Balaban J connectivity index is 1.53. The van der Waals surface area contributed by atoms with Gasteiger partial charge in [0.2, 0.25) is 5.82 Å². The largest absolute Gasteiger partial charge is 0.490 e. The SMILES string of the molecule is CCOCc1ccc(C2CCC(COc3ccc(C)c(F)c3F)CC2)c(F)c1. The molecule has 3 rings (SSSR count). The van der Waals surface area contributed by atoms with Gasteiger partial charge in [-0.15, -0.1) is 0 Å². The van der Waals surface area contributed by atoms with Gasteiger partial charge in [0.1, 0.15) is 5.82 Å². The van der Waals surface area contributed by atoms with Crippen molar-refractivity contribution in [3.8, 4) is 5.75 Å². The fourth-order valence-corrected chi connectivity index (χ4v) is 3.80. The van der Waals surface area contributed by atoms with Gasteiger partial charge in [-0.05, 0) is 80.2 Å². The van der Waals surface area contributed by atoms with Crippen molar-refractivity contribution in [2.45, 2.75) is 52.1 Å². The predicted molar refractivity (Wildman–Crippen MR) is 103 cm³/mol. The number of hydrogen-bond donors (Lipinski definition) is 0. The van der Waals surface area contributed by atoms with Gasteiger partial charge in [-0.3, -0.25) is 0 Å². The topological polar surface area (TPSA) is 18.5 Å². The van der Waals surface area contributed by atoms with E-state index in [1.807, 2.05) is 19.1 Å². The Bertz CT molecular complexity index is 799. The molecule has 0 bridgehead atoms. The van der Waals surface area contributed by atoms with Crippen LogP contribution in [-0.4, -0.2) is 13.2 Å². The Morgan fingerprint density at radius 3 is 2.39 bits per heavy atom. The first-order valence-electron chi connectivity index (χ1n) is 9.93. The number of benzene rings is 2. The highest BCUT2D eigenvalue weighted by Crippen LogP contribution is 2.37. The number of rotatable bonds is 7. The molecule has 0 unspecified atom stereocenters. The smallest absolute Gasteiger partial charge is 0.200 e. The summed E-state index contributed by atoms with van der Waals surface area (Å²) >= 11 is 0. The molecule has 0 aromatic heterocycles. The molecule has 5 heteroatoms. The molecule has 1 saturated carbocycles. The minimum atomic E-state index is -0.928. The standard InChI is InChI=1S/C23H27F3O2/c1-3-27-13-17-7-10-19(20(24)12-17)18-8-5-16(6-9-18)14-28-21-11-4-15(2)22(25)23(21)26/h4,7,10-12,16,18H,3,5-6,8-9,13-14H2,1-2H3. The van der Waals surface area contributed by atoms with Crippen molar-refractivity contribution in [2.24, 2.45) is 5.92 Å². The van der Waals surface area contributed by atoms with Gasteiger partial charge < -0.3 is 9.47 Å². The quantitative estimate of drug-likeness (QED) is 0.550. The Hall–Kier alpha value is -2.01. The summed E-state index contributed by atoms with van der Waals surface area (Å²) in [6, 6.07) is 8.35. The van der Waals surface area contributed by atoms with Crippen molar-refractivity contribution in [3.63, 3.8) is 0 Å². The van der Waals surface area contributed by atoms with Crippen LogP contribution in [0.1, 0.15) is 55.2 Å². The van der Waals surface area contributed by atoms with E-state index in [0.29, 0.717) is 19.8 Å². The van der Waals surface area contributed by atoms with Crippen LogP contribution < -0.4 is 4.74 Å². The molecule has 0 spiro atoms. The fourth-order valence-electron chi connectivity index (χ4n) is 3.80. The highest BCUT2D eigenvalue weighted by atomic mass is 19.2. The summed E-state index contributed by atoms with van der Waals surface area (Å²) in [5.41, 5.74) is 1.86. The summed E-state index contributed by atoms with van der Waals surface area (Å²) in [5, 5.41) is 0. The van der Waals surface area contributed by atoms with Crippen molar-refractivity contribution >= 4 is 0 Å². The Morgan fingerprint density at radius 2 is 1.71 bits per heavy atom. The molecule has 152 valence electrons. The zero-order chi connectivity index (χ0) is 20.1. The minimum Gasteiger partial charge on any atom is -0.490 e. The molecule has 0 radical (unpaired) electrons. The van der Waals surface area contributed by atoms with Gasteiger partial charge in [-0.25, -0.2) is 8.78 Å². The van der Waals surface area contributed by atoms with Crippen LogP contribution in [0.4, 0.5) is 13.2 Å². The van der Waals surface area contributed by atoms with E-state index in [0.717, 1.165) is 36.8 Å². The summed E-state index contributed by atoms with van der Waals surface area (Å²) < 4.78 is 52.9. The van der Waals surface area contributed by atoms with Gasteiger partial charge in [-0.1, -0.05) is 18.2 Å². The highest BCUT2D eigenvalue weighted by molar-refractivity contribution is 5.30. The monoisotopic (exact) mass is 392 g/mol. The summed E-state index contributed by atoms with van der Waals surface area (Å²) in [6.45, 7) is 4.81. The Labute approximate surface area is 164 Å². The second-order valence-corrected chi connectivity index (χ2v) is 7.53. The molecule has 2 aromatic carbocycles. The molecule has 1 aliphatic carbocycles. The molecule has 0 heterocycles. The van der Waals surface area contributed by atoms with Gasteiger partial charge in [0.05, 0.1) is 13.2 Å². The van der Waals surface area contributed by atoms with Crippen LogP contribution in [0.25, 0.3) is 0 Å². The lowest BCUT2D eigenvalue weighted by atomic mass is 9.78. The number of ether oxygens (including phenoxy) is 2. The molecule has 1 fully saturated rings. The molecule has 28 heavy (non-hydrogen) atoms. The predicted octanol–water partition coefficient (Wildman–Crippen LogP) is 6.30. The average Bonchev–Trinajstić information content (AvgIpc) is 2.70. The van der Waals surface area contributed by atoms with E-state index in [1.54, 1.807) is 6.07 Å². The summed E-state index contributed by atoms with van der Waals surface area (Å²) in [6.07, 6.45) is 3.47. The Kier molecular flexibility index (Phi) is 7.00. The molecule has 2 nitrogen and oxygen atoms in total. The van der Waals surface area contributed by atoms with Gasteiger partial charge in [0, 0.05) is 6.61 Å². The van der Waals surface area contributed by atoms with Crippen LogP contribution in [0, 0.1) is 30.3 Å². The summed E-state index contributed by atoms with van der Waals surface area (Å²) in [5.74, 6) is -1.55. The minimum absolute atomic E-state index is 0.0406. The lowest BCUT2D eigenvalue weighted by molar-refractivity contribution is 0.134. The number of halogens is 3. The summed E-state index contributed by atoms with van der Waals surface area (Å²) in [4.78, 5) is 0. The Morgan fingerprint density at radius 1 is 0.964 bits per heavy atom. The normalized spacial score (nSPS) is 19.6. The molecule has 0 saturated heterocycles. The zero-order valence-electron chi connectivity index (χ0n) is 16.4. The van der Waals surface area contributed by atoms with E-state index >= 15 is 0 Å². The van der Waals surface area contributed by atoms with E-state index < -0.39 is 11.6 Å². The van der Waals surface area contributed by atoms with Gasteiger partial charge >= 0.3 is 0 Å². The fraction of sp³-hybridized carbons (Fsp3) is 0.478. The van der Waals surface area contributed by atoms with Crippen LogP contribution in [0.15, 0.2) is 30.3 Å². The molecule has 0 amide bonds. The van der Waals surface area contributed by atoms with Crippen molar-refractivity contribution in [3.05, 3.63) is 64.5 Å². The highest BCUT2D eigenvalue weighted by Gasteiger charge is 2.25. The average molecular weight is 392 g/mol. The summed E-state index contributed by atoms with van der Waals surface area (Å²) in [7, 11) is 0. The van der Waals surface area contributed by atoms with Crippen LogP contribution in [0.3, 0.4) is 0 Å². The maximum absolute atomic E-state index is 14.5. The lowest BCUT2D eigenvalue weighted by Crippen LogP contribution is -2.20. The second-order valence-electron chi connectivity index (χ2n) is 7.53. The van der Waals surface area contributed by atoms with Crippen molar-refractivity contribution in [1.29, 1.82) is 0 Å². The first kappa shape index (κ1) is 20.7. The van der Waals surface area contributed by atoms with E-state index in [4.69, 9.17) is 9.47 Å². The van der Waals surface area contributed by atoms with Gasteiger partial charge in [0.25, 0.3) is 0 Å². The zero-order valence-corrected chi connectivity index (χ0v) is 16.4. The number of aryl methyl sites for hydroxylation is 1. The third-order valence-electron chi connectivity index (χ3n) is 5.54. The second kappa shape index (κ2) is 9.46. The van der Waals surface area contributed by atoms with E-state index in [9.17, 15) is 13.2 Å². The van der Waals surface area contributed by atoms with Crippen molar-refractivity contribution in [1.82, 2.24) is 0 Å². The molecule has 0 N–H and O–H groups in total. The van der Waals surface area contributed by atoms with Crippen molar-refractivity contribution in [2.75, 3.05) is 13.2 Å². The van der Waals surface area contributed by atoms with Crippen molar-refractivity contribution < 1.29 is 22.6 Å². The van der Waals surface area contributed by atoms with E-state index in [-0.39, 0.29) is 29.0 Å². The van der Waals surface area contributed by atoms with Crippen LogP contribution in [-0.2, 0) is 11.3 Å². The lowest BCUT2D eigenvalue weighted by Gasteiger charge is -2.29. The van der Waals surface area contributed by atoms with Crippen LogP contribution in [0.2, 0.25) is 0 Å². The van der Waals surface area contributed by atoms with E-state index in [1.165, 1.54) is 19.1 Å². The first-order valence-corrected chi connectivity index (χ1v) is 9.93. The molecular formula is C23H27F3O2. The van der Waals surface area contributed by atoms with Crippen LogP contribution >= 0.6 is 0 Å². The molecular weight excluding hydrogens is 365 g/mol. The van der Waals surface area contributed by atoms with Gasteiger partial charge in [-0.2, -0.15) is 4.39 Å². The maximum atomic E-state index is 14.5. The maximum Gasteiger partial charge on any atom is 0.200 e. The third-order valence-corrected chi connectivity index (χ3v) is 5.54. The van der Waals surface area contributed by atoms with E-state index in [2.05, 4.69) is 0 Å². The van der Waals surface area contributed by atoms with Crippen LogP contribution in [0.5, 0.6) is 5.75 Å². The molecule has 0 atom stereocenters. The number of hydrogen-bond acceptors (Lipinski definition) is 2. The third kappa shape index (κ3) is 4.88. The molecule has 1 aliphatic rings.